The van der Waals surface area contributed by atoms with Crippen LogP contribution in [0.25, 0.3) is 0 Å². The van der Waals surface area contributed by atoms with Crippen LogP contribution in [-0.4, -0.2) is 58.9 Å². The lowest BCUT2D eigenvalue weighted by Gasteiger charge is -2.47. The molecule has 0 radical (unpaired) electrons. The summed E-state index contributed by atoms with van der Waals surface area (Å²) in [6.45, 7) is 20.8. The number of rotatable bonds is 12. The first-order valence-corrected chi connectivity index (χ1v) is 15.0. The molecule has 0 amide bonds. The predicted octanol–water partition coefficient (Wildman–Crippen LogP) is 5.60. The first-order valence-electron chi connectivity index (χ1n) is 15.0. The van der Waals surface area contributed by atoms with Gasteiger partial charge in [-0.1, -0.05) is 26.7 Å². The Balaban J connectivity index is 2.35. The number of carbonyl (C=O) groups excluding carboxylic acids is 3. The van der Waals surface area contributed by atoms with Crippen LogP contribution in [0, 0.1) is 5.41 Å². The third kappa shape index (κ3) is 10.0. The standard InChI is InChI=1S/C31H56N2O6/c1-11-13-15-31(16-14-17-37-24(34)12-2,25(35)38-22-18-27(3,4)32-28(5,6)19-22)26(36)39-23-20-29(7,8)33-30(9,10)21-23/h22-23,32-33H,11-21H2,1-10H3. The van der Waals surface area contributed by atoms with Crippen LogP contribution < -0.4 is 10.6 Å². The van der Waals surface area contributed by atoms with Crippen molar-refractivity contribution in [3.05, 3.63) is 0 Å². The van der Waals surface area contributed by atoms with Crippen molar-refractivity contribution in [2.75, 3.05) is 6.61 Å². The molecule has 0 saturated carbocycles. The number of carbonyl (C=O) groups is 3. The third-order valence-electron chi connectivity index (χ3n) is 7.89. The number of piperidine rings is 2. The Morgan fingerprint density at radius 3 is 1.44 bits per heavy atom. The molecule has 39 heavy (non-hydrogen) atoms. The SMILES string of the molecule is CCCCC(CCCOC(=O)CC)(C(=O)OC1CC(C)(C)NC(C)(C)C1)C(=O)OC1CC(C)(C)NC(C)(C)C1. The largest absolute Gasteiger partial charge is 0.466 e. The first kappa shape index (κ1) is 33.5. The Morgan fingerprint density at radius 2 is 1.08 bits per heavy atom. The van der Waals surface area contributed by atoms with Gasteiger partial charge in [0.25, 0.3) is 0 Å². The molecule has 2 N–H and O–H groups in total. The van der Waals surface area contributed by atoms with Crippen molar-refractivity contribution < 1.29 is 28.6 Å². The molecule has 0 spiro atoms. The molecule has 0 unspecified atom stereocenters. The highest BCUT2D eigenvalue weighted by molar-refractivity contribution is 6.00. The van der Waals surface area contributed by atoms with Gasteiger partial charge in [-0.05, 0) is 74.7 Å². The summed E-state index contributed by atoms with van der Waals surface area (Å²) >= 11 is 0. The van der Waals surface area contributed by atoms with Gasteiger partial charge in [0.05, 0.1) is 6.61 Å². The lowest BCUT2D eigenvalue weighted by atomic mass is 9.77. The number of hydrogen-bond donors (Lipinski definition) is 2. The average molecular weight is 553 g/mol. The van der Waals surface area contributed by atoms with Crippen LogP contribution in [0.2, 0.25) is 0 Å². The number of ether oxygens (including phenoxy) is 3. The van der Waals surface area contributed by atoms with Crippen LogP contribution in [0.1, 0.15) is 133 Å². The zero-order chi connectivity index (χ0) is 29.7. The van der Waals surface area contributed by atoms with E-state index in [4.69, 9.17) is 14.2 Å². The van der Waals surface area contributed by atoms with E-state index in [1.54, 1.807) is 6.92 Å². The smallest absolute Gasteiger partial charge is 0.323 e. The quantitative estimate of drug-likeness (QED) is 0.140. The molecular weight excluding hydrogens is 496 g/mol. The van der Waals surface area contributed by atoms with Crippen molar-refractivity contribution >= 4 is 17.9 Å². The molecule has 2 aliphatic rings. The molecule has 2 aliphatic heterocycles. The molecule has 2 fully saturated rings. The van der Waals surface area contributed by atoms with E-state index in [0.717, 1.165) is 6.42 Å². The monoisotopic (exact) mass is 552 g/mol. The van der Waals surface area contributed by atoms with Gasteiger partial charge < -0.3 is 24.8 Å². The van der Waals surface area contributed by atoms with E-state index in [-0.39, 0.29) is 59.8 Å². The molecule has 226 valence electrons. The van der Waals surface area contributed by atoms with Crippen LogP contribution >= 0.6 is 0 Å². The molecule has 8 nitrogen and oxygen atoms in total. The lowest BCUT2D eigenvalue weighted by Crippen LogP contribution is -2.61. The highest BCUT2D eigenvalue weighted by Gasteiger charge is 2.51. The van der Waals surface area contributed by atoms with Gasteiger partial charge >= 0.3 is 17.9 Å². The summed E-state index contributed by atoms with van der Waals surface area (Å²) in [7, 11) is 0. The van der Waals surface area contributed by atoms with Crippen molar-refractivity contribution in [3.63, 3.8) is 0 Å². The fourth-order valence-electron chi connectivity index (χ4n) is 6.91. The molecule has 2 rings (SSSR count). The molecule has 0 atom stereocenters. The normalized spacial score (nSPS) is 22.6. The topological polar surface area (TPSA) is 103 Å². The molecule has 2 saturated heterocycles. The van der Waals surface area contributed by atoms with Crippen LogP contribution in [-0.2, 0) is 28.6 Å². The Hall–Kier alpha value is -1.67. The first-order chi connectivity index (χ1) is 17.8. The van der Waals surface area contributed by atoms with Gasteiger partial charge in [0.1, 0.15) is 12.2 Å². The molecular formula is C31H56N2O6. The van der Waals surface area contributed by atoms with Gasteiger partial charge in [-0.3, -0.25) is 14.4 Å². The highest BCUT2D eigenvalue weighted by atomic mass is 16.6. The molecule has 0 bridgehead atoms. The zero-order valence-corrected chi connectivity index (χ0v) is 26.4. The second-order valence-corrected chi connectivity index (χ2v) is 14.5. The van der Waals surface area contributed by atoms with Gasteiger partial charge in [0, 0.05) is 54.3 Å². The summed E-state index contributed by atoms with van der Waals surface area (Å²) in [6, 6.07) is 0. The predicted molar refractivity (Wildman–Crippen MR) is 153 cm³/mol. The Labute approximate surface area is 237 Å². The minimum absolute atomic E-state index is 0.155. The zero-order valence-electron chi connectivity index (χ0n) is 26.4. The summed E-state index contributed by atoms with van der Waals surface area (Å²) < 4.78 is 17.7. The van der Waals surface area contributed by atoms with Crippen molar-refractivity contribution in [2.45, 2.75) is 168 Å². The number of hydrogen-bond acceptors (Lipinski definition) is 8. The van der Waals surface area contributed by atoms with Crippen molar-refractivity contribution in [1.82, 2.24) is 10.6 Å². The number of unbranched alkanes of at least 4 members (excludes halogenated alkanes) is 1. The highest BCUT2D eigenvalue weighted by Crippen LogP contribution is 2.39. The van der Waals surface area contributed by atoms with E-state index in [0.29, 0.717) is 44.9 Å². The van der Waals surface area contributed by atoms with E-state index in [1.165, 1.54) is 0 Å². The fraction of sp³-hybridized carbons (Fsp3) is 0.903. The number of esters is 3. The van der Waals surface area contributed by atoms with Crippen LogP contribution in [0.15, 0.2) is 0 Å². The lowest BCUT2D eigenvalue weighted by molar-refractivity contribution is -0.184. The minimum Gasteiger partial charge on any atom is -0.466 e. The molecule has 2 heterocycles. The summed E-state index contributed by atoms with van der Waals surface area (Å²) in [5.41, 5.74) is -2.27. The van der Waals surface area contributed by atoms with E-state index < -0.39 is 17.4 Å². The average Bonchev–Trinajstić information content (AvgIpc) is 2.73. The Morgan fingerprint density at radius 1 is 0.692 bits per heavy atom. The molecule has 0 aromatic rings. The molecule has 0 aromatic heterocycles. The van der Waals surface area contributed by atoms with Crippen molar-refractivity contribution in [3.8, 4) is 0 Å². The third-order valence-corrected chi connectivity index (χ3v) is 7.89. The summed E-state index contributed by atoms with van der Waals surface area (Å²) in [5.74, 6) is -1.31. The maximum absolute atomic E-state index is 14.1. The van der Waals surface area contributed by atoms with Crippen molar-refractivity contribution in [2.24, 2.45) is 5.41 Å². The maximum Gasteiger partial charge on any atom is 0.323 e. The maximum atomic E-state index is 14.1. The van der Waals surface area contributed by atoms with Crippen LogP contribution in [0.4, 0.5) is 0 Å². The summed E-state index contributed by atoms with van der Waals surface area (Å²) in [5, 5.41) is 7.24. The fourth-order valence-corrected chi connectivity index (χ4v) is 6.91. The Bertz CT molecular complexity index is 779. The van der Waals surface area contributed by atoms with Crippen molar-refractivity contribution in [1.29, 1.82) is 0 Å². The van der Waals surface area contributed by atoms with E-state index in [2.05, 4.69) is 66.0 Å². The Kier molecular flexibility index (Phi) is 11.1. The summed E-state index contributed by atoms with van der Waals surface area (Å²) in [6.07, 6.45) is 4.75. The van der Waals surface area contributed by atoms with Crippen LogP contribution in [0.3, 0.4) is 0 Å². The van der Waals surface area contributed by atoms with E-state index in [1.807, 2.05) is 6.92 Å². The van der Waals surface area contributed by atoms with E-state index in [9.17, 15) is 14.4 Å². The summed E-state index contributed by atoms with van der Waals surface area (Å²) in [4.78, 5) is 40.0. The van der Waals surface area contributed by atoms with Gasteiger partial charge in [0.15, 0.2) is 5.41 Å². The minimum atomic E-state index is -1.44. The second-order valence-electron chi connectivity index (χ2n) is 14.5. The number of nitrogens with one attached hydrogen (secondary N) is 2. The van der Waals surface area contributed by atoms with Gasteiger partial charge in [0.2, 0.25) is 0 Å². The molecule has 8 heteroatoms. The van der Waals surface area contributed by atoms with Gasteiger partial charge in [-0.2, -0.15) is 0 Å². The van der Waals surface area contributed by atoms with Crippen LogP contribution in [0.5, 0.6) is 0 Å². The molecule has 0 aromatic carbocycles. The van der Waals surface area contributed by atoms with Gasteiger partial charge in [-0.25, -0.2) is 0 Å². The molecule has 0 aliphatic carbocycles. The van der Waals surface area contributed by atoms with Gasteiger partial charge in [-0.15, -0.1) is 0 Å². The second kappa shape index (κ2) is 12.9. The van der Waals surface area contributed by atoms with E-state index >= 15 is 0 Å².